The molecule has 2 aromatic heterocycles. The molecular formula is C18H18N4O2. The van der Waals surface area contributed by atoms with Crippen LogP contribution in [0.4, 0.5) is 0 Å². The quantitative estimate of drug-likeness (QED) is 0.756. The second kappa shape index (κ2) is 7.41. The Labute approximate surface area is 140 Å². The van der Waals surface area contributed by atoms with Gasteiger partial charge in [-0.1, -0.05) is 18.2 Å². The van der Waals surface area contributed by atoms with E-state index in [0.717, 1.165) is 11.1 Å². The van der Waals surface area contributed by atoms with Crippen LogP contribution in [-0.4, -0.2) is 27.8 Å². The van der Waals surface area contributed by atoms with Gasteiger partial charge in [0.05, 0.1) is 13.7 Å². The summed E-state index contributed by atoms with van der Waals surface area (Å²) in [4.78, 5) is 16.3. The molecular weight excluding hydrogens is 304 g/mol. The number of carbonyl (C=O) groups is 1. The van der Waals surface area contributed by atoms with Crippen LogP contribution in [-0.2, 0) is 13.1 Å². The lowest BCUT2D eigenvalue weighted by molar-refractivity contribution is 0.0951. The summed E-state index contributed by atoms with van der Waals surface area (Å²) in [5.41, 5.74) is 2.63. The lowest BCUT2D eigenvalue weighted by Gasteiger charge is -2.07. The number of hydrogen-bond donors (Lipinski definition) is 1. The number of hydrogen-bond acceptors (Lipinski definition) is 4. The van der Waals surface area contributed by atoms with Gasteiger partial charge in [0, 0.05) is 36.8 Å². The number of carbonyl (C=O) groups excluding carboxylic acids is 1. The predicted octanol–water partition coefficient (Wildman–Crippen LogP) is 2.26. The van der Waals surface area contributed by atoms with Crippen LogP contribution >= 0.6 is 0 Å². The van der Waals surface area contributed by atoms with Crippen molar-refractivity contribution in [3.63, 3.8) is 0 Å². The van der Waals surface area contributed by atoms with Gasteiger partial charge in [-0.3, -0.25) is 9.48 Å². The molecule has 0 atom stereocenters. The van der Waals surface area contributed by atoms with Gasteiger partial charge in [0.1, 0.15) is 0 Å². The van der Waals surface area contributed by atoms with Gasteiger partial charge in [0.2, 0.25) is 5.88 Å². The third-order valence-electron chi connectivity index (χ3n) is 3.58. The van der Waals surface area contributed by atoms with E-state index in [0.29, 0.717) is 24.5 Å². The number of amides is 1. The topological polar surface area (TPSA) is 69.0 Å². The van der Waals surface area contributed by atoms with Crippen LogP contribution in [0.3, 0.4) is 0 Å². The van der Waals surface area contributed by atoms with Crippen molar-refractivity contribution in [2.45, 2.75) is 13.1 Å². The van der Waals surface area contributed by atoms with Crippen molar-refractivity contribution in [1.82, 2.24) is 20.1 Å². The minimum atomic E-state index is -0.114. The Bertz CT molecular complexity index is 781. The SMILES string of the molecule is COc1ccc(CNC(=O)c2ccc(Cn3cccn3)cc2)cn1. The molecule has 0 fully saturated rings. The molecule has 0 radical (unpaired) electrons. The molecule has 0 aliphatic heterocycles. The highest BCUT2D eigenvalue weighted by molar-refractivity contribution is 5.94. The highest BCUT2D eigenvalue weighted by atomic mass is 16.5. The number of rotatable bonds is 6. The first-order valence-corrected chi connectivity index (χ1v) is 7.58. The fraction of sp³-hybridized carbons (Fsp3) is 0.167. The van der Waals surface area contributed by atoms with Gasteiger partial charge < -0.3 is 10.1 Å². The average molecular weight is 322 g/mol. The monoisotopic (exact) mass is 322 g/mol. The molecule has 0 aliphatic carbocycles. The molecule has 1 aromatic carbocycles. The molecule has 2 heterocycles. The van der Waals surface area contributed by atoms with Gasteiger partial charge in [-0.15, -0.1) is 0 Å². The van der Waals surface area contributed by atoms with Gasteiger partial charge in [-0.25, -0.2) is 4.98 Å². The first kappa shape index (κ1) is 15.7. The van der Waals surface area contributed by atoms with Gasteiger partial charge in [-0.05, 0) is 29.3 Å². The fourth-order valence-corrected chi connectivity index (χ4v) is 2.26. The van der Waals surface area contributed by atoms with Crippen molar-refractivity contribution >= 4 is 5.91 Å². The summed E-state index contributed by atoms with van der Waals surface area (Å²) in [6.07, 6.45) is 5.34. The molecule has 122 valence electrons. The zero-order chi connectivity index (χ0) is 16.8. The summed E-state index contributed by atoms with van der Waals surface area (Å²) in [6, 6.07) is 13.0. The van der Waals surface area contributed by atoms with Crippen molar-refractivity contribution in [2.75, 3.05) is 7.11 Å². The number of pyridine rings is 1. The molecule has 24 heavy (non-hydrogen) atoms. The van der Waals surface area contributed by atoms with E-state index in [2.05, 4.69) is 15.4 Å². The number of methoxy groups -OCH3 is 1. The van der Waals surface area contributed by atoms with Crippen LogP contribution in [0.5, 0.6) is 5.88 Å². The Hall–Kier alpha value is -3.15. The second-order valence-electron chi connectivity index (χ2n) is 5.29. The Balaban J connectivity index is 1.56. The molecule has 6 nitrogen and oxygen atoms in total. The van der Waals surface area contributed by atoms with Crippen LogP contribution < -0.4 is 10.1 Å². The van der Waals surface area contributed by atoms with E-state index in [1.807, 2.05) is 47.3 Å². The molecule has 1 amide bonds. The maximum atomic E-state index is 12.2. The predicted molar refractivity (Wildman–Crippen MR) is 89.7 cm³/mol. The smallest absolute Gasteiger partial charge is 0.251 e. The minimum Gasteiger partial charge on any atom is -0.481 e. The summed E-state index contributed by atoms with van der Waals surface area (Å²) >= 11 is 0. The summed E-state index contributed by atoms with van der Waals surface area (Å²) in [6.45, 7) is 1.11. The Morgan fingerprint density at radius 3 is 2.58 bits per heavy atom. The molecule has 0 saturated heterocycles. The Kier molecular flexibility index (Phi) is 4.86. The Morgan fingerprint density at radius 2 is 1.96 bits per heavy atom. The minimum absolute atomic E-state index is 0.114. The lowest BCUT2D eigenvalue weighted by Crippen LogP contribution is -2.22. The number of aromatic nitrogens is 3. The van der Waals surface area contributed by atoms with E-state index in [1.54, 1.807) is 25.6 Å². The van der Waals surface area contributed by atoms with Crippen molar-refractivity contribution < 1.29 is 9.53 Å². The second-order valence-corrected chi connectivity index (χ2v) is 5.29. The van der Waals surface area contributed by atoms with Crippen molar-refractivity contribution in [1.29, 1.82) is 0 Å². The molecule has 1 N–H and O–H groups in total. The number of nitrogens with one attached hydrogen (secondary N) is 1. The first-order chi connectivity index (χ1) is 11.7. The standard InChI is InChI=1S/C18H18N4O2/c1-24-17-8-5-15(11-19-17)12-20-18(23)16-6-3-14(4-7-16)13-22-10-2-9-21-22/h2-11H,12-13H2,1H3,(H,20,23). The molecule has 6 heteroatoms. The molecule has 0 spiro atoms. The van der Waals surface area contributed by atoms with Crippen molar-refractivity contribution in [3.05, 3.63) is 77.7 Å². The first-order valence-electron chi connectivity index (χ1n) is 7.58. The van der Waals surface area contributed by atoms with E-state index in [4.69, 9.17) is 4.74 Å². The third kappa shape index (κ3) is 3.98. The van der Waals surface area contributed by atoms with Gasteiger partial charge >= 0.3 is 0 Å². The Morgan fingerprint density at radius 1 is 1.17 bits per heavy atom. The van der Waals surface area contributed by atoms with E-state index in [-0.39, 0.29) is 5.91 Å². The van der Waals surface area contributed by atoms with Gasteiger partial charge in [0.15, 0.2) is 0 Å². The van der Waals surface area contributed by atoms with Crippen molar-refractivity contribution in [2.24, 2.45) is 0 Å². The van der Waals surface area contributed by atoms with E-state index in [1.165, 1.54) is 0 Å². The van der Waals surface area contributed by atoms with E-state index in [9.17, 15) is 4.79 Å². The van der Waals surface area contributed by atoms with Crippen LogP contribution in [0.15, 0.2) is 61.1 Å². The van der Waals surface area contributed by atoms with Crippen LogP contribution in [0.25, 0.3) is 0 Å². The van der Waals surface area contributed by atoms with Crippen LogP contribution in [0.2, 0.25) is 0 Å². The van der Waals surface area contributed by atoms with Crippen molar-refractivity contribution in [3.8, 4) is 5.88 Å². The molecule has 0 unspecified atom stereocenters. The highest BCUT2D eigenvalue weighted by Gasteiger charge is 2.06. The highest BCUT2D eigenvalue weighted by Crippen LogP contribution is 2.08. The normalized spacial score (nSPS) is 10.4. The zero-order valence-corrected chi connectivity index (χ0v) is 13.3. The fourth-order valence-electron chi connectivity index (χ4n) is 2.26. The number of benzene rings is 1. The number of ether oxygens (including phenoxy) is 1. The summed E-state index contributed by atoms with van der Waals surface area (Å²) in [5.74, 6) is 0.439. The maximum absolute atomic E-state index is 12.2. The summed E-state index contributed by atoms with van der Waals surface area (Å²) in [7, 11) is 1.57. The molecule has 0 bridgehead atoms. The zero-order valence-electron chi connectivity index (χ0n) is 13.3. The van der Waals surface area contributed by atoms with Gasteiger partial charge in [0.25, 0.3) is 5.91 Å². The lowest BCUT2D eigenvalue weighted by atomic mass is 10.1. The van der Waals surface area contributed by atoms with Crippen LogP contribution in [0, 0.1) is 0 Å². The average Bonchev–Trinajstić information content (AvgIpc) is 3.14. The van der Waals surface area contributed by atoms with Crippen LogP contribution in [0.1, 0.15) is 21.5 Å². The summed E-state index contributed by atoms with van der Waals surface area (Å²) < 4.78 is 6.85. The summed E-state index contributed by atoms with van der Waals surface area (Å²) in [5, 5.41) is 7.05. The number of nitrogens with zero attached hydrogens (tertiary/aromatic N) is 3. The van der Waals surface area contributed by atoms with E-state index < -0.39 is 0 Å². The third-order valence-corrected chi connectivity index (χ3v) is 3.58. The molecule has 0 saturated carbocycles. The van der Waals surface area contributed by atoms with Gasteiger partial charge in [-0.2, -0.15) is 5.10 Å². The maximum Gasteiger partial charge on any atom is 0.251 e. The molecule has 3 rings (SSSR count). The largest absolute Gasteiger partial charge is 0.481 e. The molecule has 0 aliphatic rings. The van der Waals surface area contributed by atoms with E-state index >= 15 is 0 Å². The molecule has 3 aromatic rings.